The molecular weight excluding hydrogens is 701 g/mol. The zero-order valence-electron chi connectivity index (χ0n) is 26.0. The molecule has 0 fully saturated rings. The van der Waals surface area contributed by atoms with Gasteiger partial charge in [0.25, 0.3) is 0 Å². The van der Waals surface area contributed by atoms with Crippen molar-refractivity contribution in [2.75, 3.05) is 0 Å². The van der Waals surface area contributed by atoms with Crippen LogP contribution in [0.15, 0.2) is 112 Å². The molecule has 2 aliphatic carbocycles. The van der Waals surface area contributed by atoms with Gasteiger partial charge in [-0.3, -0.25) is 0 Å². The third-order valence-corrected chi connectivity index (χ3v) is 26.8. The van der Waals surface area contributed by atoms with Gasteiger partial charge >= 0.3 is 265 Å². The average molecular weight is 744 g/mol. The van der Waals surface area contributed by atoms with E-state index in [9.17, 15) is 0 Å². The summed E-state index contributed by atoms with van der Waals surface area (Å²) in [6.45, 7) is 9.30. The molecule has 1 unspecified atom stereocenters. The molecule has 230 valence electrons. The van der Waals surface area contributed by atoms with Crippen LogP contribution in [0.5, 0.6) is 0 Å². The molecule has 44 heavy (non-hydrogen) atoms. The number of hydrogen-bond donors (Lipinski definition) is 0. The van der Waals surface area contributed by atoms with Gasteiger partial charge in [0.1, 0.15) is 0 Å². The molecule has 1 atom stereocenters. The molecule has 0 spiro atoms. The van der Waals surface area contributed by atoms with Crippen molar-refractivity contribution in [2.45, 2.75) is 53.4 Å². The summed E-state index contributed by atoms with van der Waals surface area (Å²) in [6, 6.07) is 33.3. The SMILES string of the molecule is Cl.Cl.[CH2]=[Zr]([C]1=CC(C(C)(C)C)=CC1CCCC)([c]1ccc(Cl)cc1)([c]1ccc(Cl)cc1)[c]1cccc2c1Cc1ccccc1-2. The van der Waals surface area contributed by atoms with E-state index < -0.39 is 18.3 Å². The van der Waals surface area contributed by atoms with Crippen molar-refractivity contribution in [3.05, 3.63) is 133 Å². The summed E-state index contributed by atoms with van der Waals surface area (Å²) in [7, 11) is 0. The zero-order valence-corrected chi connectivity index (χ0v) is 31.6. The van der Waals surface area contributed by atoms with Crippen molar-refractivity contribution in [1.29, 1.82) is 0 Å². The molecule has 0 saturated heterocycles. The fourth-order valence-electron chi connectivity index (χ4n) is 7.60. The Bertz CT molecular complexity index is 1740. The summed E-state index contributed by atoms with van der Waals surface area (Å²) in [6.07, 6.45) is 9.55. The molecule has 0 bridgehead atoms. The number of benzene rings is 4. The van der Waals surface area contributed by atoms with Crippen molar-refractivity contribution in [1.82, 2.24) is 0 Å². The van der Waals surface area contributed by atoms with Crippen molar-refractivity contribution < 1.29 is 18.3 Å². The van der Waals surface area contributed by atoms with Crippen molar-refractivity contribution in [3.63, 3.8) is 0 Å². The van der Waals surface area contributed by atoms with E-state index in [1.807, 2.05) is 0 Å². The standard InChI is InChI=1S/C13H9.C13H21.2C6H4Cl.CH2.2ClH.Zr/c1-3-7-12-10(5-1)9-11-6-2-4-8-13(11)12;1-5-6-7-11-8-9-12(10-11)13(2,3)4;2*7-6-4-2-1-3-5-6;;;;/h1-5,7-8H,9H2;9-11H,5-7H2,1-4H3;2*2-5H;1H2;2*1H;. The molecule has 0 saturated carbocycles. The fraction of sp³-hybridized carbons (Fsp3) is 0.256. The Hall–Kier alpha value is -1.73. The molecule has 0 aliphatic heterocycles. The monoisotopic (exact) mass is 740 g/mol. The van der Waals surface area contributed by atoms with Gasteiger partial charge in [0.15, 0.2) is 0 Å². The third kappa shape index (κ3) is 5.60. The van der Waals surface area contributed by atoms with Crippen LogP contribution in [0, 0.1) is 11.3 Å². The fourth-order valence-corrected chi connectivity index (χ4v) is 24.1. The molecule has 5 heteroatoms. The molecule has 0 heterocycles. The van der Waals surface area contributed by atoms with Gasteiger partial charge in [0, 0.05) is 0 Å². The summed E-state index contributed by atoms with van der Waals surface area (Å²) in [5, 5.41) is 1.50. The van der Waals surface area contributed by atoms with Crippen molar-refractivity contribution >= 4 is 62.0 Å². The summed E-state index contributed by atoms with van der Waals surface area (Å²) in [5.74, 6) is 0.327. The molecule has 0 aromatic heterocycles. The predicted molar refractivity (Wildman–Crippen MR) is 197 cm³/mol. The molecule has 0 amide bonds. The quantitative estimate of drug-likeness (QED) is 0.156. The van der Waals surface area contributed by atoms with Crippen LogP contribution in [0.3, 0.4) is 0 Å². The molecular formula is C39H42Cl4Zr. The number of halogens is 4. The Morgan fingerprint density at radius 1 is 0.773 bits per heavy atom. The Kier molecular flexibility index (Phi) is 10.5. The van der Waals surface area contributed by atoms with Crippen LogP contribution in [-0.2, 0) is 24.7 Å². The summed E-state index contributed by atoms with van der Waals surface area (Å²) in [4.78, 5) is 0. The van der Waals surface area contributed by atoms with Gasteiger partial charge in [-0.15, -0.1) is 24.8 Å². The third-order valence-electron chi connectivity index (χ3n) is 9.87. The number of hydrogen-bond acceptors (Lipinski definition) is 0. The maximum atomic E-state index is 6.58. The normalized spacial score (nSPS) is 15.8. The van der Waals surface area contributed by atoms with Crippen LogP contribution >= 0.6 is 48.0 Å². The van der Waals surface area contributed by atoms with Gasteiger partial charge in [0.2, 0.25) is 0 Å². The number of unbranched alkanes of at least 4 members (excludes halogenated alkanes) is 1. The first-order valence-electron chi connectivity index (χ1n) is 15.3. The number of rotatable bonds is 7. The van der Waals surface area contributed by atoms with Crippen molar-refractivity contribution in [3.8, 4) is 11.1 Å². The van der Waals surface area contributed by atoms with E-state index in [1.54, 1.807) is 0 Å². The van der Waals surface area contributed by atoms with Gasteiger partial charge in [0.05, 0.1) is 0 Å². The van der Waals surface area contributed by atoms with Crippen LogP contribution < -0.4 is 9.81 Å². The van der Waals surface area contributed by atoms with Crippen LogP contribution in [-0.4, -0.2) is 4.21 Å². The molecule has 2 aliphatic rings. The Labute approximate surface area is 287 Å². The Balaban J connectivity index is 0.00000221. The van der Waals surface area contributed by atoms with Gasteiger partial charge < -0.3 is 0 Å². The number of allylic oxidation sites excluding steroid dienone is 4. The molecule has 0 N–H and O–H groups in total. The molecule has 6 rings (SSSR count). The van der Waals surface area contributed by atoms with E-state index in [-0.39, 0.29) is 30.2 Å². The second kappa shape index (κ2) is 13.2. The van der Waals surface area contributed by atoms with E-state index >= 15 is 0 Å². The predicted octanol–water partition coefficient (Wildman–Crippen LogP) is 10.5. The second-order valence-electron chi connectivity index (χ2n) is 13.4. The van der Waals surface area contributed by atoms with Gasteiger partial charge in [-0.05, 0) is 0 Å². The van der Waals surface area contributed by atoms with E-state index in [0.717, 1.165) is 22.9 Å². The Morgan fingerprint density at radius 2 is 1.34 bits per heavy atom. The van der Waals surface area contributed by atoms with Crippen LogP contribution in [0.4, 0.5) is 0 Å². The molecule has 4 aromatic rings. The summed E-state index contributed by atoms with van der Waals surface area (Å²) < 4.78 is 11.3. The van der Waals surface area contributed by atoms with E-state index in [1.165, 1.54) is 53.8 Å². The van der Waals surface area contributed by atoms with Crippen LogP contribution in [0.2, 0.25) is 10.0 Å². The molecule has 0 nitrogen and oxygen atoms in total. The van der Waals surface area contributed by atoms with Gasteiger partial charge in [-0.1, -0.05) is 0 Å². The van der Waals surface area contributed by atoms with Gasteiger partial charge in [-0.2, -0.15) is 0 Å². The first-order chi connectivity index (χ1) is 20.1. The zero-order chi connectivity index (χ0) is 29.7. The first kappa shape index (κ1) is 35.1. The maximum absolute atomic E-state index is 6.58. The molecule has 0 radical (unpaired) electrons. The summed E-state index contributed by atoms with van der Waals surface area (Å²) >= 11 is 8.21. The first-order valence-corrected chi connectivity index (χ1v) is 22.7. The summed E-state index contributed by atoms with van der Waals surface area (Å²) in [5.41, 5.74) is 6.98. The van der Waals surface area contributed by atoms with E-state index in [4.69, 9.17) is 27.4 Å². The Morgan fingerprint density at radius 3 is 1.91 bits per heavy atom. The minimum atomic E-state index is -4.94. The van der Waals surface area contributed by atoms with Crippen LogP contribution in [0.1, 0.15) is 58.1 Å². The molecule has 4 aromatic carbocycles. The van der Waals surface area contributed by atoms with E-state index in [0.29, 0.717) is 5.92 Å². The van der Waals surface area contributed by atoms with Crippen molar-refractivity contribution in [2.24, 2.45) is 11.3 Å². The van der Waals surface area contributed by atoms with Crippen LogP contribution in [0.25, 0.3) is 11.1 Å². The average Bonchev–Trinajstić information content (AvgIpc) is 3.59. The second-order valence-corrected chi connectivity index (χ2v) is 27.0. The number of fused-ring (bicyclic) bond motifs is 3. The van der Waals surface area contributed by atoms with E-state index in [2.05, 4.69) is 131 Å². The topological polar surface area (TPSA) is 0 Å². The minimum absolute atomic E-state index is 0. The van der Waals surface area contributed by atoms with Gasteiger partial charge in [-0.25, -0.2) is 0 Å².